The summed E-state index contributed by atoms with van der Waals surface area (Å²) in [7, 11) is 0. The van der Waals surface area contributed by atoms with Crippen LogP contribution in [0.1, 0.15) is 74.1 Å². The second kappa shape index (κ2) is 10.6. The van der Waals surface area contributed by atoms with Crippen molar-refractivity contribution in [3.05, 3.63) is 55.5 Å². The van der Waals surface area contributed by atoms with Crippen molar-refractivity contribution < 1.29 is 28.3 Å². The summed E-state index contributed by atoms with van der Waals surface area (Å²) in [6.45, 7) is 11.1. The van der Waals surface area contributed by atoms with Crippen molar-refractivity contribution in [1.29, 1.82) is 0 Å². The SMILES string of the molecule is CCOC(=O)c1sc(NC(=O)c2ccc(Cn3nc(C)c(Br)c3C)o2)c(C(=O)OC(C)C)c1C. The van der Waals surface area contributed by atoms with Gasteiger partial charge in [-0.15, -0.1) is 11.3 Å². The quantitative estimate of drug-likeness (QED) is 0.379. The van der Waals surface area contributed by atoms with Gasteiger partial charge in [0.1, 0.15) is 15.6 Å². The molecule has 0 aliphatic heterocycles. The third-order valence-electron chi connectivity index (χ3n) is 4.87. The number of rotatable bonds is 8. The Labute approximate surface area is 209 Å². The van der Waals surface area contributed by atoms with Crippen LogP contribution in [0.4, 0.5) is 5.00 Å². The number of hydrogen-bond acceptors (Lipinski definition) is 8. The number of hydrogen-bond donors (Lipinski definition) is 1. The fourth-order valence-corrected chi connectivity index (χ4v) is 4.61. The summed E-state index contributed by atoms with van der Waals surface area (Å²) in [5.41, 5.74) is 2.30. The Hall–Kier alpha value is -2.92. The van der Waals surface area contributed by atoms with Crippen LogP contribution in [0.15, 0.2) is 21.0 Å². The van der Waals surface area contributed by atoms with Crippen molar-refractivity contribution in [2.45, 2.75) is 54.2 Å². The van der Waals surface area contributed by atoms with Gasteiger partial charge in [0.2, 0.25) is 0 Å². The van der Waals surface area contributed by atoms with Gasteiger partial charge in [0, 0.05) is 0 Å². The van der Waals surface area contributed by atoms with Crippen LogP contribution in [0.3, 0.4) is 0 Å². The number of nitrogens with one attached hydrogen (secondary N) is 1. The molecule has 0 bridgehead atoms. The van der Waals surface area contributed by atoms with E-state index in [0.717, 1.165) is 27.2 Å². The highest BCUT2D eigenvalue weighted by Crippen LogP contribution is 2.35. The molecule has 3 aromatic rings. The Morgan fingerprint density at radius 1 is 1.21 bits per heavy atom. The summed E-state index contributed by atoms with van der Waals surface area (Å²) < 4.78 is 18.8. The number of carbonyl (C=O) groups excluding carboxylic acids is 3. The Morgan fingerprint density at radius 2 is 1.91 bits per heavy atom. The highest BCUT2D eigenvalue weighted by atomic mass is 79.9. The van der Waals surface area contributed by atoms with Crippen LogP contribution in [-0.2, 0) is 16.0 Å². The molecule has 9 nitrogen and oxygen atoms in total. The van der Waals surface area contributed by atoms with E-state index in [2.05, 4.69) is 26.3 Å². The molecule has 0 aromatic carbocycles. The number of aryl methyl sites for hydroxylation is 1. The summed E-state index contributed by atoms with van der Waals surface area (Å²) >= 11 is 4.45. The number of aromatic nitrogens is 2. The van der Waals surface area contributed by atoms with Gasteiger partial charge in [-0.1, -0.05) is 0 Å². The number of amides is 1. The van der Waals surface area contributed by atoms with Crippen molar-refractivity contribution in [3.63, 3.8) is 0 Å². The fraction of sp³-hybridized carbons (Fsp3) is 0.391. The van der Waals surface area contributed by atoms with Crippen LogP contribution in [0.2, 0.25) is 0 Å². The maximum absolute atomic E-state index is 12.9. The molecule has 0 spiro atoms. The summed E-state index contributed by atoms with van der Waals surface area (Å²) in [5, 5.41) is 7.32. The molecule has 0 fully saturated rings. The lowest BCUT2D eigenvalue weighted by atomic mass is 10.1. The van der Waals surface area contributed by atoms with E-state index in [0.29, 0.717) is 17.9 Å². The van der Waals surface area contributed by atoms with E-state index >= 15 is 0 Å². The lowest BCUT2D eigenvalue weighted by Gasteiger charge is -2.10. The number of esters is 2. The molecule has 3 aromatic heterocycles. The minimum atomic E-state index is -0.634. The average Bonchev–Trinajstić information content (AvgIpc) is 3.42. The Kier molecular flexibility index (Phi) is 7.98. The van der Waals surface area contributed by atoms with E-state index in [1.807, 2.05) is 13.8 Å². The first-order valence-electron chi connectivity index (χ1n) is 10.6. The van der Waals surface area contributed by atoms with Crippen LogP contribution in [0.25, 0.3) is 0 Å². The van der Waals surface area contributed by atoms with E-state index < -0.39 is 17.8 Å². The van der Waals surface area contributed by atoms with E-state index in [1.165, 1.54) is 0 Å². The van der Waals surface area contributed by atoms with Crippen molar-refractivity contribution in [2.24, 2.45) is 0 Å². The standard InChI is InChI=1S/C23H26BrN3O6S/c1-7-31-23(30)19-12(4)17(22(29)32-11(2)3)21(34-19)25-20(28)16-9-8-15(33-16)10-27-14(6)18(24)13(5)26-27/h8-9,11H,7,10H2,1-6H3,(H,25,28). The largest absolute Gasteiger partial charge is 0.462 e. The maximum atomic E-state index is 12.9. The molecule has 0 atom stereocenters. The molecule has 0 saturated carbocycles. The van der Waals surface area contributed by atoms with Crippen LogP contribution in [-0.4, -0.2) is 40.3 Å². The van der Waals surface area contributed by atoms with Gasteiger partial charge in [-0.25, -0.2) is 9.59 Å². The third kappa shape index (κ3) is 5.41. The van der Waals surface area contributed by atoms with Crippen molar-refractivity contribution in [2.75, 3.05) is 11.9 Å². The molecular weight excluding hydrogens is 526 g/mol. The maximum Gasteiger partial charge on any atom is 0.348 e. The first-order valence-corrected chi connectivity index (χ1v) is 12.2. The molecule has 0 radical (unpaired) electrons. The van der Waals surface area contributed by atoms with Gasteiger partial charge in [0.25, 0.3) is 5.91 Å². The average molecular weight is 552 g/mol. The molecule has 0 saturated heterocycles. The summed E-state index contributed by atoms with van der Waals surface area (Å²) in [5.74, 6) is -1.17. The Bertz CT molecular complexity index is 1240. The van der Waals surface area contributed by atoms with Gasteiger partial charge >= 0.3 is 11.9 Å². The number of carbonyl (C=O) groups is 3. The lowest BCUT2D eigenvalue weighted by molar-refractivity contribution is 0.0379. The van der Waals surface area contributed by atoms with Crippen LogP contribution in [0, 0.1) is 20.8 Å². The second-order valence-electron chi connectivity index (χ2n) is 7.80. The van der Waals surface area contributed by atoms with Crippen LogP contribution in [0.5, 0.6) is 0 Å². The highest BCUT2D eigenvalue weighted by molar-refractivity contribution is 9.10. The summed E-state index contributed by atoms with van der Waals surface area (Å²) in [6.07, 6.45) is -0.372. The third-order valence-corrected chi connectivity index (χ3v) is 7.20. The zero-order chi connectivity index (χ0) is 25.2. The van der Waals surface area contributed by atoms with Gasteiger partial charge in [-0.05, 0) is 75.2 Å². The Balaban J connectivity index is 1.86. The number of nitrogens with zero attached hydrogens (tertiary/aromatic N) is 2. The van der Waals surface area contributed by atoms with Gasteiger partial charge in [-0.3, -0.25) is 9.48 Å². The highest BCUT2D eigenvalue weighted by Gasteiger charge is 2.28. The normalized spacial score (nSPS) is 11.1. The zero-order valence-electron chi connectivity index (χ0n) is 19.8. The van der Waals surface area contributed by atoms with Crippen molar-refractivity contribution in [3.8, 4) is 0 Å². The molecule has 34 heavy (non-hydrogen) atoms. The molecule has 3 rings (SSSR count). The predicted molar refractivity (Wildman–Crippen MR) is 131 cm³/mol. The molecule has 0 aliphatic rings. The number of thiophene rings is 1. The van der Waals surface area contributed by atoms with Crippen LogP contribution >= 0.6 is 27.3 Å². The number of furan rings is 1. The summed E-state index contributed by atoms with van der Waals surface area (Å²) in [4.78, 5) is 38.2. The van der Waals surface area contributed by atoms with Crippen LogP contribution < -0.4 is 5.32 Å². The molecule has 0 aliphatic carbocycles. The second-order valence-corrected chi connectivity index (χ2v) is 9.61. The van der Waals surface area contributed by atoms with Gasteiger partial charge in [0.05, 0.1) is 40.7 Å². The molecule has 0 unspecified atom stereocenters. The molecule has 11 heteroatoms. The molecule has 1 N–H and O–H groups in total. The number of ether oxygens (including phenoxy) is 2. The van der Waals surface area contributed by atoms with E-state index in [-0.39, 0.29) is 33.9 Å². The van der Waals surface area contributed by atoms with Gasteiger partial charge in [-0.2, -0.15) is 5.10 Å². The first kappa shape index (κ1) is 25.7. The zero-order valence-corrected chi connectivity index (χ0v) is 22.2. The number of anilines is 1. The van der Waals surface area contributed by atoms with Crippen molar-refractivity contribution in [1.82, 2.24) is 9.78 Å². The van der Waals surface area contributed by atoms with Gasteiger partial charge in [0.15, 0.2) is 5.76 Å². The molecular formula is C23H26BrN3O6S. The molecule has 3 heterocycles. The minimum Gasteiger partial charge on any atom is -0.462 e. The predicted octanol–water partition coefficient (Wildman–Crippen LogP) is 5.27. The Morgan fingerprint density at radius 3 is 2.50 bits per heavy atom. The smallest absolute Gasteiger partial charge is 0.348 e. The topological polar surface area (TPSA) is 113 Å². The summed E-state index contributed by atoms with van der Waals surface area (Å²) in [6, 6.07) is 3.24. The minimum absolute atomic E-state index is 0.0579. The first-order chi connectivity index (χ1) is 16.0. The molecule has 182 valence electrons. The van der Waals surface area contributed by atoms with E-state index in [9.17, 15) is 14.4 Å². The van der Waals surface area contributed by atoms with Crippen molar-refractivity contribution >= 4 is 50.1 Å². The lowest BCUT2D eigenvalue weighted by Crippen LogP contribution is -2.16. The molecule has 1 amide bonds. The van der Waals surface area contributed by atoms with Gasteiger partial charge < -0.3 is 19.2 Å². The van der Waals surface area contributed by atoms with E-state index in [4.69, 9.17) is 13.9 Å². The van der Waals surface area contributed by atoms with E-state index in [1.54, 1.807) is 44.5 Å². The fourth-order valence-electron chi connectivity index (χ4n) is 3.24. The number of halogens is 1. The monoisotopic (exact) mass is 551 g/mol.